The van der Waals surface area contributed by atoms with Crippen molar-refractivity contribution in [3.63, 3.8) is 0 Å². The van der Waals surface area contributed by atoms with Crippen LogP contribution >= 0.6 is 0 Å². The maximum Gasteiger partial charge on any atom is 0.304 e. The second-order valence-electron chi connectivity index (χ2n) is 6.84. The Morgan fingerprint density at radius 1 is 1.10 bits per heavy atom. The van der Waals surface area contributed by atoms with E-state index in [1.54, 1.807) is 12.1 Å². The highest BCUT2D eigenvalue weighted by atomic mass is 32.2. The molecule has 2 aromatic rings. The van der Waals surface area contributed by atoms with Crippen molar-refractivity contribution in [2.45, 2.75) is 26.5 Å². The van der Waals surface area contributed by atoms with Crippen molar-refractivity contribution in [1.82, 2.24) is 9.62 Å². The van der Waals surface area contributed by atoms with E-state index in [1.807, 2.05) is 26.0 Å². The summed E-state index contributed by atoms with van der Waals surface area (Å²) in [4.78, 5) is 12.4. The standard InChI is InChI=1S/C20H26FN3O4S/c1-15(2)28-17-11-9-16(10-12-17)13-22-20(25)14-24(29(26,27)23(3)4)19-8-6-5-7-18(19)21/h5-12,15H,13-14H2,1-4H3,(H,22,25). The smallest absolute Gasteiger partial charge is 0.304 e. The highest BCUT2D eigenvalue weighted by Gasteiger charge is 2.29. The largest absolute Gasteiger partial charge is 0.491 e. The van der Waals surface area contributed by atoms with Crippen LogP contribution in [0.25, 0.3) is 0 Å². The number of nitrogens with one attached hydrogen (secondary N) is 1. The van der Waals surface area contributed by atoms with Gasteiger partial charge in [-0.15, -0.1) is 0 Å². The molecule has 0 fully saturated rings. The monoisotopic (exact) mass is 423 g/mol. The molecule has 0 aromatic heterocycles. The molecule has 29 heavy (non-hydrogen) atoms. The molecule has 158 valence electrons. The number of nitrogens with zero attached hydrogens (tertiary/aromatic N) is 2. The number of hydrogen-bond donors (Lipinski definition) is 1. The predicted octanol–water partition coefficient (Wildman–Crippen LogP) is 2.54. The Hall–Kier alpha value is -2.65. The highest BCUT2D eigenvalue weighted by Crippen LogP contribution is 2.22. The first-order valence-corrected chi connectivity index (χ1v) is 10.5. The molecule has 0 radical (unpaired) electrons. The lowest BCUT2D eigenvalue weighted by molar-refractivity contribution is -0.119. The number of anilines is 1. The number of amides is 1. The fraction of sp³-hybridized carbons (Fsp3) is 0.350. The number of rotatable bonds is 9. The van der Waals surface area contributed by atoms with E-state index >= 15 is 0 Å². The van der Waals surface area contributed by atoms with Crippen molar-refractivity contribution < 1.29 is 22.3 Å². The van der Waals surface area contributed by atoms with E-state index in [9.17, 15) is 17.6 Å². The van der Waals surface area contributed by atoms with E-state index in [0.29, 0.717) is 0 Å². The lowest BCUT2D eigenvalue weighted by atomic mass is 10.2. The number of benzene rings is 2. The van der Waals surface area contributed by atoms with Gasteiger partial charge < -0.3 is 10.1 Å². The normalized spacial score (nSPS) is 11.6. The second-order valence-corrected chi connectivity index (χ2v) is 8.90. The molecule has 9 heteroatoms. The minimum absolute atomic E-state index is 0.0589. The van der Waals surface area contributed by atoms with Gasteiger partial charge in [0.1, 0.15) is 18.1 Å². The molecule has 0 spiro atoms. The van der Waals surface area contributed by atoms with E-state index in [1.165, 1.54) is 32.3 Å². The lowest BCUT2D eigenvalue weighted by Gasteiger charge is -2.27. The van der Waals surface area contributed by atoms with Gasteiger partial charge in [0, 0.05) is 20.6 Å². The molecular weight excluding hydrogens is 397 g/mol. The third-order valence-corrected chi connectivity index (χ3v) is 5.74. The fourth-order valence-electron chi connectivity index (χ4n) is 2.49. The van der Waals surface area contributed by atoms with Crippen molar-refractivity contribution in [2.24, 2.45) is 0 Å². The van der Waals surface area contributed by atoms with Crippen LogP contribution in [0.4, 0.5) is 10.1 Å². The summed E-state index contributed by atoms with van der Waals surface area (Å²) in [7, 11) is -1.42. The molecule has 0 unspecified atom stereocenters. The van der Waals surface area contributed by atoms with E-state index < -0.39 is 28.5 Å². The summed E-state index contributed by atoms with van der Waals surface area (Å²) in [5, 5.41) is 2.66. The molecule has 0 atom stereocenters. The predicted molar refractivity (Wildman–Crippen MR) is 110 cm³/mol. The van der Waals surface area contributed by atoms with Gasteiger partial charge in [0.05, 0.1) is 11.8 Å². The first kappa shape index (κ1) is 22.6. The Bertz CT molecular complexity index is 931. The minimum atomic E-state index is -4.06. The quantitative estimate of drug-likeness (QED) is 0.672. The minimum Gasteiger partial charge on any atom is -0.491 e. The third-order valence-electron chi connectivity index (χ3n) is 3.93. The van der Waals surface area contributed by atoms with Gasteiger partial charge in [-0.25, -0.2) is 8.70 Å². The number of hydrogen-bond acceptors (Lipinski definition) is 4. The molecule has 7 nitrogen and oxygen atoms in total. The van der Waals surface area contributed by atoms with E-state index in [0.717, 1.165) is 26.0 Å². The molecule has 0 aliphatic rings. The van der Waals surface area contributed by atoms with Crippen LogP contribution in [0.1, 0.15) is 19.4 Å². The van der Waals surface area contributed by atoms with Gasteiger partial charge in [-0.05, 0) is 43.7 Å². The Kier molecular flexibility index (Phi) is 7.58. The van der Waals surface area contributed by atoms with Crippen molar-refractivity contribution in [1.29, 1.82) is 0 Å². The van der Waals surface area contributed by atoms with Gasteiger partial charge in [0.15, 0.2) is 0 Å². The highest BCUT2D eigenvalue weighted by molar-refractivity contribution is 7.90. The number of halogens is 1. The Balaban J connectivity index is 2.09. The first-order valence-electron chi connectivity index (χ1n) is 9.08. The van der Waals surface area contributed by atoms with Crippen LogP contribution in [0, 0.1) is 5.82 Å². The van der Waals surface area contributed by atoms with E-state index in [-0.39, 0.29) is 18.3 Å². The lowest BCUT2D eigenvalue weighted by Crippen LogP contribution is -2.46. The van der Waals surface area contributed by atoms with Crippen LogP contribution in [0.3, 0.4) is 0 Å². The van der Waals surface area contributed by atoms with Gasteiger partial charge in [0.2, 0.25) is 5.91 Å². The fourth-order valence-corrected chi connectivity index (χ4v) is 3.56. The summed E-state index contributed by atoms with van der Waals surface area (Å²) >= 11 is 0. The molecular formula is C20H26FN3O4S. The van der Waals surface area contributed by atoms with Crippen LogP contribution in [0.5, 0.6) is 5.75 Å². The summed E-state index contributed by atoms with van der Waals surface area (Å²) < 4.78 is 46.7. The summed E-state index contributed by atoms with van der Waals surface area (Å²) in [5.74, 6) is -0.564. The van der Waals surface area contributed by atoms with Crippen molar-refractivity contribution in [2.75, 3.05) is 24.9 Å². The van der Waals surface area contributed by atoms with Crippen molar-refractivity contribution in [3.05, 3.63) is 59.9 Å². The molecule has 1 N–H and O–H groups in total. The molecule has 0 saturated carbocycles. The zero-order valence-electron chi connectivity index (χ0n) is 16.9. The molecule has 2 aromatic carbocycles. The molecule has 2 rings (SSSR count). The average molecular weight is 424 g/mol. The number of para-hydroxylation sites is 1. The van der Waals surface area contributed by atoms with Gasteiger partial charge in [-0.1, -0.05) is 24.3 Å². The molecule has 0 bridgehead atoms. The number of ether oxygens (including phenoxy) is 1. The third kappa shape index (κ3) is 6.16. The Morgan fingerprint density at radius 2 is 1.72 bits per heavy atom. The van der Waals surface area contributed by atoms with Gasteiger partial charge >= 0.3 is 10.2 Å². The summed E-state index contributed by atoms with van der Waals surface area (Å²) in [6, 6.07) is 12.6. The second kappa shape index (κ2) is 9.71. The van der Waals surface area contributed by atoms with Crippen LogP contribution in [-0.4, -0.2) is 45.4 Å². The SMILES string of the molecule is CC(C)Oc1ccc(CNC(=O)CN(c2ccccc2F)S(=O)(=O)N(C)C)cc1. The molecule has 1 amide bonds. The topological polar surface area (TPSA) is 79.0 Å². The molecule has 0 heterocycles. The number of carbonyl (C=O) groups excluding carboxylic acids is 1. The maximum atomic E-state index is 14.2. The summed E-state index contributed by atoms with van der Waals surface area (Å²) in [5.41, 5.74) is 0.633. The van der Waals surface area contributed by atoms with Gasteiger partial charge in [0.25, 0.3) is 0 Å². The summed E-state index contributed by atoms with van der Waals surface area (Å²) in [6.45, 7) is 3.51. The van der Waals surface area contributed by atoms with Crippen LogP contribution in [0.2, 0.25) is 0 Å². The first-order chi connectivity index (χ1) is 13.6. The van der Waals surface area contributed by atoms with Crippen LogP contribution < -0.4 is 14.4 Å². The Labute approximate surface area is 171 Å². The summed E-state index contributed by atoms with van der Waals surface area (Å²) in [6.07, 6.45) is 0.0589. The average Bonchev–Trinajstić information content (AvgIpc) is 2.65. The van der Waals surface area contributed by atoms with Crippen molar-refractivity contribution >= 4 is 21.8 Å². The van der Waals surface area contributed by atoms with Gasteiger partial charge in [-0.3, -0.25) is 4.79 Å². The zero-order chi connectivity index (χ0) is 21.6. The number of carbonyl (C=O) groups is 1. The molecule has 0 saturated heterocycles. The van der Waals surface area contributed by atoms with Gasteiger partial charge in [-0.2, -0.15) is 12.7 Å². The van der Waals surface area contributed by atoms with Crippen LogP contribution in [0.15, 0.2) is 48.5 Å². The van der Waals surface area contributed by atoms with E-state index in [2.05, 4.69) is 5.32 Å². The maximum absolute atomic E-state index is 14.2. The van der Waals surface area contributed by atoms with Crippen molar-refractivity contribution in [3.8, 4) is 5.75 Å². The zero-order valence-corrected chi connectivity index (χ0v) is 17.7. The van der Waals surface area contributed by atoms with E-state index in [4.69, 9.17) is 4.74 Å². The molecule has 0 aliphatic heterocycles. The molecule has 0 aliphatic carbocycles. The Morgan fingerprint density at radius 3 is 2.28 bits per heavy atom. The van der Waals surface area contributed by atoms with Crippen LogP contribution in [-0.2, 0) is 21.5 Å².